The van der Waals surface area contributed by atoms with Gasteiger partial charge >= 0.3 is 0 Å². The second kappa shape index (κ2) is 11.4. The molecule has 2 aromatic carbocycles. The molecule has 0 fully saturated rings. The maximum absolute atomic E-state index is 6.28. The molecule has 3 rings (SSSR count). The molecular formula is C20H23Cl2N5O2S. The monoisotopic (exact) mass is 467 g/mol. The molecule has 0 unspecified atom stereocenters. The van der Waals surface area contributed by atoms with Crippen molar-refractivity contribution in [3.8, 4) is 11.5 Å². The Labute approximate surface area is 190 Å². The fraction of sp³-hybridized carbons (Fsp3) is 0.350. The number of tetrazole rings is 1. The molecule has 0 spiro atoms. The van der Waals surface area contributed by atoms with Gasteiger partial charge < -0.3 is 14.8 Å². The zero-order valence-corrected chi connectivity index (χ0v) is 19.1. The lowest BCUT2D eigenvalue weighted by molar-refractivity contribution is 0.266. The van der Waals surface area contributed by atoms with Crippen molar-refractivity contribution in [2.24, 2.45) is 7.05 Å². The SMILES string of the molecule is CCOc1cccc(CNCCSc2nnnn2C)c1OCc1ccc(Cl)cc1Cl. The summed E-state index contributed by atoms with van der Waals surface area (Å²) >= 11 is 13.9. The fourth-order valence-electron chi connectivity index (χ4n) is 2.70. The van der Waals surface area contributed by atoms with Crippen LogP contribution in [0, 0.1) is 0 Å². The molecule has 10 heteroatoms. The highest BCUT2D eigenvalue weighted by Gasteiger charge is 2.13. The van der Waals surface area contributed by atoms with E-state index < -0.39 is 0 Å². The van der Waals surface area contributed by atoms with E-state index in [1.54, 1.807) is 28.6 Å². The summed E-state index contributed by atoms with van der Waals surface area (Å²) in [6, 6.07) is 11.3. The van der Waals surface area contributed by atoms with Crippen LogP contribution in [0.3, 0.4) is 0 Å². The van der Waals surface area contributed by atoms with E-state index >= 15 is 0 Å². The van der Waals surface area contributed by atoms with Gasteiger partial charge in [0.25, 0.3) is 0 Å². The minimum Gasteiger partial charge on any atom is -0.490 e. The van der Waals surface area contributed by atoms with Crippen molar-refractivity contribution < 1.29 is 9.47 Å². The smallest absolute Gasteiger partial charge is 0.209 e. The number of nitrogens with zero attached hydrogens (tertiary/aromatic N) is 4. The van der Waals surface area contributed by atoms with E-state index in [4.69, 9.17) is 32.7 Å². The quantitative estimate of drug-likeness (QED) is 0.331. The van der Waals surface area contributed by atoms with E-state index in [9.17, 15) is 0 Å². The molecule has 0 bridgehead atoms. The molecule has 160 valence electrons. The van der Waals surface area contributed by atoms with Crippen LogP contribution < -0.4 is 14.8 Å². The van der Waals surface area contributed by atoms with E-state index in [-0.39, 0.29) is 0 Å². The number of benzene rings is 2. The van der Waals surface area contributed by atoms with E-state index in [1.807, 2.05) is 38.2 Å². The average Bonchev–Trinajstić information content (AvgIpc) is 3.13. The molecule has 0 amide bonds. The van der Waals surface area contributed by atoms with Crippen molar-refractivity contribution in [1.82, 2.24) is 25.5 Å². The van der Waals surface area contributed by atoms with Gasteiger partial charge in [-0.2, -0.15) is 0 Å². The van der Waals surface area contributed by atoms with Crippen molar-refractivity contribution in [2.75, 3.05) is 18.9 Å². The Morgan fingerprint density at radius 2 is 2.00 bits per heavy atom. The van der Waals surface area contributed by atoms with Crippen LogP contribution in [-0.4, -0.2) is 39.1 Å². The molecule has 0 radical (unpaired) electrons. The van der Waals surface area contributed by atoms with Gasteiger partial charge in [0.2, 0.25) is 5.16 Å². The minimum absolute atomic E-state index is 0.322. The molecule has 3 aromatic rings. The van der Waals surface area contributed by atoms with Crippen LogP contribution in [0.1, 0.15) is 18.1 Å². The molecule has 1 N–H and O–H groups in total. The largest absolute Gasteiger partial charge is 0.490 e. The van der Waals surface area contributed by atoms with Gasteiger partial charge in [-0.05, 0) is 35.5 Å². The van der Waals surface area contributed by atoms with Gasteiger partial charge in [0.15, 0.2) is 11.5 Å². The van der Waals surface area contributed by atoms with E-state index in [2.05, 4.69) is 20.8 Å². The first-order valence-electron chi connectivity index (χ1n) is 9.45. The summed E-state index contributed by atoms with van der Waals surface area (Å²) in [4.78, 5) is 0. The lowest BCUT2D eigenvalue weighted by Crippen LogP contribution is -2.17. The molecule has 0 aliphatic heterocycles. The van der Waals surface area contributed by atoms with Crippen LogP contribution in [0.25, 0.3) is 0 Å². The molecular weight excluding hydrogens is 445 g/mol. The number of aryl methyl sites for hydroxylation is 1. The molecule has 30 heavy (non-hydrogen) atoms. The molecule has 0 saturated carbocycles. The number of nitrogens with one attached hydrogen (secondary N) is 1. The number of rotatable bonds is 11. The van der Waals surface area contributed by atoms with Gasteiger partial charge in [0.1, 0.15) is 6.61 Å². The number of halogens is 2. The van der Waals surface area contributed by atoms with E-state index in [0.29, 0.717) is 41.3 Å². The van der Waals surface area contributed by atoms with E-state index in [0.717, 1.165) is 28.6 Å². The lowest BCUT2D eigenvalue weighted by atomic mass is 10.1. The Hall–Kier alpha value is -2.00. The molecule has 0 aliphatic rings. The summed E-state index contributed by atoms with van der Waals surface area (Å²) < 4.78 is 13.6. The highest BCUT2D eigenvalue weighted by atomic mass is 35.5. The fourth-order valence-corrected chi connectivity index (χ4v) is 3.91. The number of hydrogen-bond acceptors (Lipinski definition) is 7. The number of aromatic nitrogens is 4. The van der Waals surface area contributed by atoms with Crippen molar-refractivity contribution in [3.63, 3.8) is 0 Å². The number of ether oxygens (including phenoxy) is 2. The summed E-state index contributed by atoms with van der Waals surface area (Å²) in [5.41, 5.74) is 1.87. The molecule has 1 aromatic heterocycles. The maximum atomic E-state index is 6.28. The summed E-state index contributed by atoms with van der Waals surface area (Å²) in [6.07, 6.45) is 0. The molecule has 0 saturated heterocycles. The third kappa shape index (κ3) is 6.25. The van der Waals surface area contributed by atoms with Crippen molar-refractivity contribution in [3.05, 3.63) is 57.6 Å². The normalized spacial score (nSPS) is 10.9. The Balaban J connectivity index is 1.61. The predicted molar refractivity (Wildman–Crippen MR) is 120 cm³/mol. The van der Waals surface area contributed by atoms with Crippen molar-refractivity contribution in [2.45, 2.75) is 25.2 Å². The standard InChI is InChI=1S/C20H23Cl2N5O2S/c1-3-28-18-6-4-5-14(12-23-9-10-30-20-24-25-26-27(20)2)19(18)29-13-15-7-8-16(21)11-17(15)22/h4-8,11,23H,3,9-10,12-13H2,1-2H3. The van der Waals surface area contributed by atoms with Crippen LogP contribution >= 0.6 is 35.0 Å². The van der Waals surface area contributed by atoms with Crippen molar-refractivity contribution >= 4 is 35.0 Å². The number of para-hydroxylation sites is 1. The Kier molecular flexibility index (Phi) is 8.62. The summed E-state index contributed by atoms with van der Waals surface area (Å²) in [5, 5.41) is 16.8. The first kappa shape index (κ1) is 22.7. The topological polar surface area (TPSA) is 74.1 Å². The van der Waals surface area contributed by atoms with Crippen molar-refractivity contribution in [1.29, 1.82) is 0 Å². The van der Waals surface area contributed by atoms with Crippen LogP contribution in [0.4, 0.5) is 0 Å². The number of thioether (sulfide) groups is 1. The Morgan fingerprint density at radius 1 is 1.13 bits per heavy atom. The molecule has 0 atom stereocenters. The van der Waals surface area contributed by atoms with Crippen LogP contribution in [0.15, 0.2) is 41.6 Å². The average molecular weight is 468 g/mol. The van der Waals surface area contributed by atoms with Gasteiger partial charge in [0, 0.05) is 47.1 Å². The van der Waals surface area contributed by atoms with Gasteiger partial charge in [-0.25, -0.2) is 4.68 Å². The Morgan fingerprint density at radius 3 is 2.73 bits per heavy atom. The molecule has 0 aliphatic carbocycles. The highest BCUT2D eigenvalue weighted by molar-refractivity contribution is 7.99. The maximum Gasteiger partial charge on any atom is 0.209 e. The van der Waals surface area contributed by atoms with Crippen LogP contribution in [0.2, 0.25) is 10.0 Å². The van der Waals surface area contributed by atoms with Crippen LogP contribution in [0.5, 0.6) is 11.5 Å². The molecule has 1 heterocycles. The third-order valence-corrected chi connectivity index (χ3v) is 5.75. The summed E-state index contributed by atoms with van der Waals surface area (Å²) in [5.74, 6) is 2.26. The van der Waals surface area contributed by atoms with Gasteiger partial charge in [-0.3, -0.25) is 0 Å². The number of hydrogen-bond donors (Lipinski definition) is 1. The van der Waals surface area contributed by atoms with E-state index in [1.165, 1.54) is 0 Å². The zero-order chi connectivity index (χ0) is 21.3. The van der Waals surface area contributed by atoms with Gasteiger partial charge in [0.05, 0.1) is 6.61 Å². The Bertz CT molecular complexity index is 970. The second-order valence-corrected chi connectivity index (χ2v) is 8.22. The highest BCUT2D eigenvalue weighted by Crippen LogP contribution is 2.33. The predicted octanol–water partition coefficient (Wildman–Crippen LogP) is 4.38. The summed E-state index contributed by atoms with van der Waals surface area (Å²) in [6.45, 7) is 4.25. The molecule has 7 nitrogen and oxygen atoms in total. The second-order valence-electron chi connectivity index (χ2n) is 6.31. The summed E-state index contributed by atoms with van der Waals surface area (Å²) in [7, 11) is 1.82. The van der Waals surface area contributed by atoms with Gasteiger partial charge in [-0.1, -0.05) is 53.2 Å². The third-order valence-electron chi connectivity index (χ3n) is 4.15. The first-order valence-corrected chi connectivity index (χ1v) is 11.2. The zero-order valence-electron chi connectivity index (χ0n) is 16.8. The lowest BCUT2D eigenvalue weighted by Gasteiger charge is -2.17. The first-order chi connectivity index (χ1) is 14.6. The van der Waals surface area contributed by atoms with Crippen LogP contribution in [-0.2, 0) is 20.2 Å². The van der Waals surface area contributed by atoms with Gasteiger partial charge in [-0.15, -0.1) is 5.10 Å². The minimum atomic E-state index is 0.322.